The van der Waals surface area contributed by atoms with E-state index in [0.29, 0.717) is 0 Å². The second kappa shape index (κ2) is 4.79. The monoisotopic (exact) mass is 283 g/mol. The first kappa shape index (κ1) is 11.5. The summed E-state index contributed by atoms with van der Waals surface area (Å²) in [4.78, 5) is 14.0. The number of nitrogens with zero attached hydrogens (tertiary/aromatic N) is 1. The number of carbonyl (C=O) groups is 1. The number of pyridine rings is 1. The van der Waals surface area contributed by atoms with Gasteiger partial charge in [0.15, 0.2) is 6.29 Å². The van der Waals surface area contributed by atoms with E-state index in [9.17, 15) is 13.6 Å². The van der Waals surface area contributed by atoms with Gasteiger partial charge in [0.1, 0.15) is 10.8 Å². The lowest BCUT2D eigenvalue weighted by atomic mass is 10.1. The smallest absolute Gasteiger partial charge is 0.266 e. The summed E-state index contributed by atoms with van der Waals surface area (Å²) in [7, 11) is 0. The number of hydrogen-bond acceptors (Lipinski definition) is 2. The zero-order valence-electron chi connectivity index (χ0n) is 6.81. The van der Waals surface area contributed by atoms with Gasteiger partial charge >= 0.3 is 0 Å². The number of aromatic nitrogens is 1. The minimum Gasteiger partial charge on any atom is -0.296 e. The van der Waals surface area contributed by atoms with Crippen LogP contribution in [-0.2, 0) is 5.33 Å². The molecule has 0 aromatic carbocycles. The van der Waals surface area contributed by atoms with Crippen molar-refractivity contribution < 1.29 is 13.6 Å². The molecule has 0 spiro atoms. The molecule has 1 heterocycles. The van der Waals surface area contributed by atoms with Crippen LogP contribution in [0, 0.1) is 0 Å². The Hall–Kier alpha value is -0.550. The second-order valence-corrected chi connectivity index (χ2v) is 3.40. The van der Waals surface area contributed by atoms with E-state index in [1.165, 1.54) is 6.07 Å². The van der Waals surface area contributed by atoms with Crippen LogP contribution in [0.2, 0.25) is 5.15 Å². The molecular weight excluding hydrogens is 279 g/mol. The first-order valence-corrected chi connectivity index (χ1v) is 5.08. The number of halogens is 4. The molecule has 0 aliphatic heterocycles. The van der Waals surface area contributed by atoms with Gasteiger partial charge in [-0.1, -0.05) is 27.5 Å². The van der Waals surface area contributed by atoms with Gasteiger partial charge < -0.3 is 0 Å². The fourth-order valence-electron chi connectivity index (χ4n) is 1.05. The number of carbonyl (C=O) groups excluding carboxylic acids is 1. The van der Waals surface area contributed by atoms with Gasteiger partial charge in [-0.2, -0.15) is 0 Å². The van der Waals surface area contributed by atoms with Crippen molar-refractivity contribution in [2.75, 3.05) is 0 Å². The number of hydrogen-bond donors (Lipinski definition) is 0. The van der Waals surface area contributed by atoms with Crippen LogP contribution in [0.3, 0.4) is 0 Å². The van der Waals surface area contributed by atoms with Gasteiger partial charge in [0.2, 0.25) is 0 Å². The summed E-state index contributed by atoms with van der Waals surface area (Å²) < 4.78 is 25.1. The van der Waals surface area contributed by atoms with Gasteiger partial charge in [0.05, 0.1) is 5.56 Å². The lowest BCUT2D eigenvalue weighted by molar-refractivity contribution is 0.110. The summed E-state index contributed by atoms with van der Waals surface area (Å²) in [6, 6.07) is 1.31. The summed E-state index contributed by atoms with van der Waals surface area (Å²) in [5.41, 5.74) is -0.384. The predicted molar refractivity (Wildman–Crippen MR) is 52.2 cm³/mol. The molecule has 1 aromatic heterocycles. The molecule has 0 fully saturated rings. The predicted octanol–water partition coefficient (Wildman–Crippen LogP) is 3.38. The van der Waals surface area contributed by atoms with Crippen molar-refractivity contribution in [2.45, 2.75) is 11.8 Å². The largest absolute Gasteiger partial charge is 0.296 e. The SMILES string of the molecule is O=Cc1nc(Cl)cc(CBr)c1C(F)F. The minimum atomic E-state index is -2.73. The van der Waals surface area contributed by atoms with E-state index in [2.05, 4.69) is 20.9 Å². The Morgan fingerprint density at radius 2 is 2.29 bits per heavy atom. The molecule has 0 radical (unpaired) electrons. The lowest BCUT2D eigenvalue weighted by Crippen LogP contribution is -2.02. The third kappa shape index (κ3) is 2.27. The Morgan fingerprint density at radius 3 is 2.71 bits per heavy atom. The van der Waals surface area contributed by atoms with Crippen molar-refractivity contribution in [3.05, 3.63) is 28.0 Å². The Balaban J connectivity index is 3.40. The highest BCUT2D eigenvalue weighted by atomic mass is 79.9. The maximum Gasteiger partial charge on any atom is 0.266 e. The summed E-state index contributed by atoms with van der Waals surface area (Å²) >= 11 is 8.59. The Kier molecular flexibility index (Phi) is 3.95. The van der Waals surface area contributed by atoms with Crippen LogP contribution < -0.4 is 0 Å². The van der Waals surface area contributed by atoms with Crippen LogP contribution in [-0.4, -0.2) is 11.3 Å². The van der Waals surface area contributed by atoms with Gasteiger partial charge in [-0.05, 0) is 11.6 Å². The maximum absolute atomic E-state index is 12.5. The molecule has 1 aromatic rings. The average Bonchev–Trinajstić information content (AvgIpc) is 2.15. The summed E-state index contributed by atoms with van der Waals surface area (Å²) in [5.74, 6) is 0. The van der Waals surface area contributed by atoms with Crippen molar-refractivity contribution in [3.63, 3.8) is 0 Å². The molecule has 0 saturated carbocycles. The van der Waals surface area contributed by atoms with E-state index in [-0.39, 0.29) is 33.6 Å². The van der Waals surface area contributed by atoms with Crippen molar-refractivity contribution in [3.8, 4) is 0 Å². The van der Waals surface area contributed by atoms with Crippen molar-refractivity contribution in [1.82, 2.24) is 4.98 Å². The van der Waals surface area contributed by atoms with Gasteiger partial charge in [-0.25, -0.2) is 13.8 Å². The Morgan fingerprint density at radius 1 is 1.64 bits per heavy atom. The first-order chi connectivity index (χ1) is 6.60. The average molecular weight is 284 g/mol. The van der Waals surface area contributed by atoms with E-state index in [0.717, 1.165) is 0 Å². The molecule has 1 rings (SSSR count). The fourth-order valence-corrected chi connectivity index (χ4v) is 1.73. The molecule has 76 valence electrons. The lowest BCUT2D eigenvalue weighted by Gasteiger charge is -2.08. The van der Waals surface area contributed by atoms with Crippen LogP contribution in [0.4, 0.5) is 8.78 Å². The Labute approximate surface area is 92.4 Å². The highest BCUT2D eigenvalue weighted by Crippen LogP contribution is 2.28. The van der Waals surface area contributed by atoms with Crippen molar-refractivity contribution in [1.29, 1.82) is 0 Å². The molecule has 14 heavy (non-hydrogen) atoms. The van der Waals surface area contributed by atoms with E-state index in [1.54, 1.807) is 0 Å². The zero-order valence-corrected chi connectivity index (χ0v) is 9.15. The summed E-state index contributed by atoms with van der Waals surface area (Å²) in [5, 5.41) is 0.237. The maximum atomic E-state index is 12.5. The van der Waals surface area contributed by atoms with E-state index < -0.39 is 6.43 Å². The fraction of sp³-hybridized carbons (Fsp3) is 0.250. The van der Waals surface area contributed by atoms with Gasteiger partial charge in [-0.3, -0.25) is 4.79 Å². The van der Waals surface area contributed by atoms with Crippen molar-refractivity contribution in [2.24, 2.45) is 0 Å². The zero-order chi connectivity index (χ0) is 10.7. The van der Waals surface area contributed by atoms with Gasteiger partial charge in [-0.15, -0.1) is 0 Å². The summed E-state index contributed by atoms with van der Waals surface area (Å²) in [6.07, 6.45) is -2.45. The number of rotatable bonds is 3. The molecule has 0 amide bonds. The van der Waals surface area contributed by atoms with Crippen LogP contribution >= 0.6 is 27.5 Å². The Bertz CT molecular complexity index is 359. The number of aldehydes is 1. The second-order valence-electron chi connectivity index (χ2n) is 2.46. The molecule has 0 unspecified atom stereocenters. The van der Waals surface area contributed by atoms with E-state index in [4.69, 9.17) is 11.6 Å². The van der Waals surface area contributed by atoms with Gasteiger partial charge in [0, 0.05) is 5.33 Å². The molecule has 0 aliphatic carbocycles. The minimum absolute atomic E-state index is 0.0333. The summed E-state index contributed by atoms with van der Waals surface area (Å²) in [6.45, 7) is 0. The van der Waals surface area contributed by atoms with Crippen molar-refractivity contribution >= 4 is 33.8 Å². The number of alkyl halides is 3. The van der Waals surface area contributed by atoms with E-state index >= 15 is 0 Å². The standard InChI is InChI=1S/C8H5BrClF2NO/c9-2-4-1-6(10)13-5(3-14)7(4)8(11)12/h1,3,8H,2H2. The topological polar surface area (TPSA) is 30.0 Å². The highest BCUT2D eigenvalue weighted by Gasteiger charge is 2.19. The molecule has 0 aliphatic rings. The normalized spacial score (nSPS) is 10.6. The van der Waals surface area contributed by atoms with Crippen LogP contribution in [0.5, 0.6) is 0 Å². The third-order valence-corrected chi connectivity index (χ3v) is 2.41. The highest BCUT2D eigenvalue weighted by molar-refractivity contribution is 9.08. The first-order valence-electron chi connectivity index (χ1n) is 3.58. The third-order valence-electron chi connectivity index (χ3n) is 1.62. The van der Waals surface area contributed by atoms with E-state index in [1.807, 2.05) is 0 Å². The van der Waals surface area contributed by atoms with Crippen LogP contribution in [0.25, 0.3) is 0 Å². The molecular formula is C8H5BrClF2NO. The molecule has 0 saturated heterocycles. The van der Waals surface area contributed by atoms with Gasteiger partial charge in [0.25, 0.3) is 6.43 Å². The van der Waals surface area contributed by atoms with Crippen LogP contribution in [0.15, 0.2) is 6.07 Å². The quantitative estimate of drug-likeness (QED) is 0.484. The molecule has 6 heteroatoms. The van der Waals surface area contributed by atoms with Crippen LogP contribution in [0.1, 0.15) is 28.0 Å². The molecule has 0 atom stereocenters. The molecule has 0 bridgehead atoms. The molecule has 2 nitrogen and oxygen atoms in total. The molecule has 0 N–H and O–H groups in total.